The molecule has 0 unspecified atom stereocenters. The Hall–Kier alpha value is -2.41. The summed E-state index contributed by atoms with van der Waals surface area (Å²) in [5.74, 6) is -1.29. The number of anilines is 1. The van der Waals surface area contributed by atoms with E-state index in [0.29, 0.717) is 18.8 Å². The van der Waals surface area contributed by atoms with Crippen molar-refractivity contribution >= 4 is 23.6 Å². The Balaban J connectivity index is 2.24. The fourth-order valence-electron chi connectivity index (χ4n) is 1.56. The van der Waals surface area contributed by atoms with Gasteiger partial charge in [0.1, 0.15) is 0 Å². The molecule has 0 saturated carbocycles. The zero-order valence-electron chi connectivity index (χ0n) is 11.8. The Morgan fingerprint density at radius 1 is 1.10 bits per heavy atom. The number of imide groups is 1. The number of hydrogen-bond donors (Lipinski definition) is 3. The van der Waals surface area contributed by atoms with Crippen molar-refractivity contribution in [2.45, 2.75) is 12.8 Å². The molecule has 0 bridgehead atoms. The molecular formula is C14H19N3O4. The number of nitrogens with zero attached hydrogens (tertiary/aromatic N) is 1. The predicted octanol–water partition coefficient (Wildman–Crippen LogP) is 1.13. The lowest BCUT2D eigenvalue weighted by Gasteiger charge is -2.14. The van der Waals surface area contributed by atoms with E-state index in [9.17, 15) is 14.4 Å². The topological polar surface area (TPSA) is 98.7 Å². The van der Waals surface area contributed by atoms with Crippen LogP contribution in [0.4, 0.5) is 10.5 Å². The number of carbonyl (C=O) groups excluding carboxylic acids is 2. The minimum Gasteiger partial charge on any atom is -0.481 e. The highest BCUT2D eigenvalue weighted by atomic mass is 16.4. The van der Waals surface area contributed by atoms with E-state index < -0.39 is 17.9 Å². The third-order valence-electron chi connectivity index (χ3n) is 2.71. The maximum atomic E-state index is 11.6. The number of rotatable bonds is 7. The molecule has 114 valence electrons. The third-order valence-corrected chi connectivity index (χ3v) is 2.71. The van der Waals surface area contributed by atoms with Crippen molar-refractivity contribution in [3.05, 3.63) is 30.3 Å². The number of carboxylic acid groups (broad SMARTS) is 1. The highest BCUT2D eigenvalue weighted by Crippen LogP contribution is 2.04. The molecule has 0 aliphatic rings. The molecule has 3 amide bonds. The van der Waals surface area contributed by atoms with Gasteiger partial charge in [-0.25, -0.2) is 4.79 Å². The maximum Gasteiger partial charge on any atom is 0.325 e. The number of urea groups is 1. The monoisotopic (exact) mass is 293 g/mol. The molecule has 0 aliphatic heterocycles. The average Bonchev–Trinajstić information content (AvgIpc) is 2.43. The first-order valence-electron chi connectivity index (χ1n) is 6.53. The molecule has 1 aromatic carbocycles. The summed E-state index contributed by atoms with van der Waals surface area (Å²) in [6, 6.07) is 8.21. The molecule has 7 heteroatoms. The van der Waals surface area contributed by atoms with Gasteiger partial charge in [0.25, 0.3) is 0 Å². The van der Waals surface area contributed by atoms with Crippen LogP contribution in [-0.2, 0) is 9.59 Å². The van der Waals surface area contributed by atoms with Gasteiger partial charge in [0.2, 0.25) is 5.91 Å². The highest BCUT2D eigenvalue weighted by Gasteiger charge is 2.09. The number of nitrogens with one attached hydrogen (secondary N) is 2. The van der Waals surface area contributed by atoms with Gasteiger partial charge < -0.3 is 15.3 Å². The summed E-state index contributed by atoms with van der Waals surface area (Å²) in [5.41, 5.74) is 0.598. The fraction of sp³-hybridized carbons (Fsp3) is 0.357. The van der Waals surface area contributed by atoms with E-state index >= 15 is 0 Å². The van der Waals surface area contributed by atoms with Gasteiger partial charge in [-0.15, -0.1) is 0 Å². The summed E-state index contributed by atoms with van der Waals surface area (Å²) in [6.45, 7) is 0.747. The maximum absolute atomic E-state index is 11.6. The lowest BCUT2D eigenvalue weighted by atomic mass is 10.3. The molecule has 3 N–H and O–H groups in total. The van der Waals surface area contributed by atoms with Crippen LogP contribution in [-0.4, -0.2) is 48.1 Å². The van der Waals surface area contributed by atoms with E-state index in [-0.39, 0.29) is 12.8 Å². The van der Waals surface area contributed by atoms with E-state index in [1.54, 1.807) is 36.2 Å². The number of carbonyl (C=O) groups is 3. The predicted molar refractivity (Wildman–Crippen MR) is 78.0 cm³/mol. The molecule has 21 heavy (non-hydrogen) atoms. The first-order valence-corrected chi connectivity index (χ1v) is 6.53. The van der Waals surface area contributed by atoms with Gasteiger partial charge in [-0.1, -0.05) is 18.2 Å². The van der Waals surface area contributed by atoms with Crippen LogP contribution in [0.25, 0.3) is 0 Å². The van der Waals surface area contributed by atoms with E-state index in [2.05, 4.69) is 10.6 Å². The van der Waals surface area contributed by atoms with Crippen LogP contribution >= 0.6 is 0 Å². The van der Waals surface area contributed by atoms with E-state index in [4.69, 9.17) is 5.11 Å². The molecule has 0 aromatic heterocycles. The molecule has 1 aromatic rings. The first-order chi connectivity index (χ1) is 9.97. The molecule has 0 saturated heterocycles. The summed E-state index contributed by atoms with van der Waals surface area (Å²) >= 11 is 0. The minimum absolute atomic E-state index is 0.0204. The fourth-order valence-corrected chi connectivity index (χ4v) is 1.56. The second-order valence-corrected chi connectivity index (χ2v) is 4.57. The molecule has 0 heterocycles. The van der Waals surface area contributed by atoms with Crippen molar-refractivity contribution in [1.82, 2.24) is 10.2 Å². The standard InChI is InChI=1S/C14H19N3O4/c1-17(10-8-13(19)20)9-7-12(18)16-14(21)15-11-5-3-2-4-6-11/h2-6H,7-10H2,1H3,(H,19,20)(H2,15,16,18,21). The second kappa shape index (κ2) is 8.70. The Labute approximate surface area is 122 Å². The molecule has 0 radical (unpaired) electrons. The number of amides is 3. The zero-order chi connectivity index (χ0) is 15.7. The van der Waals surface area contributed by atoms with Crippen LogP contribution in [0.1, 0.15) is 12.8 Å². The van der Waals surface area contributed by atoms with Gasteiger partial charge in [-0.05, 0) is 19.2 Å². The van der Waals surface area contributed by atoms with Gasteiger partial charge in [-0.2, -0.15) is 0 Å². The number of aliphatic carboxylic acids is 1. The lowest BCUT2D eigenvalue weighted by molar-refractivity contribution is -0.137. The first kappa shape index (κ1) is 16.6. The van der Waals surface area contributed by atoms with Gasteiger partial charge in [0, 0.05) is 25.2 Å². The number of hydrogen-bond acceptors (Lipinski definition) is 4. The number of para-hydroxylation sites is 1. The van der Waals surface area contributed by atoms with Crippen LogP contribution in [0.2, 0.25) is 0 Å². The van der Waals surface area contributed by atoms with Crippen LogP contribution < -0.4 is 10.6 Å². The summed E-state index contributed by atoms with van der Waals surface area (Å²) < 4.78 is 0. The van der Waals surface area contributed by atoms with E-state index in [1.807, 2.05) is 6.07 Å². The van der Waals surface area contributed by atoms with Gasteiger partial charge in [0.15, 0.2) is 0 Å². The molecule has 0 spiro atoms. The molecule has 0 fully saturated rings. The van der Waals surface area contributed by atoms with Gasteiger partial charge in [-0.3, -0.25) is 14.9 Å². The van der Waals surface area contributed by atoms with Crippen molar-refractivity contribution in [2.75, 3.05) is 25.5 Å². The van der Waals surface area contributed by atoms with Crippen LogP contribution in [0.5, 0.6) is 0 Å². The Morgan fingerprint density at radius 2 is 1.71 bits per heavy atom. The number of carboxylic acids is 1. The third kappa shape index (κ3) is 7.68. The number of benzene rings is 1. The van der Waals surface area contributed by atoms with Crippen LogP contribution in [0, 0.1) is 0 Å². The van der Waals surface area contributed by atoms with Crippen LogP contribution in [0.15, 0.2) is 30.3 Å². The SMILES string of the molecule is CN(CCC(=O)O)CCC(=O)NC(=O)Nc1ccccc1. The quantitative estimate of drug-likeness (QED) is 0.700. The molecular weight excluding hydrogens is 274 g/mol. The Morgan fingerprint density at radius 3 is 2.33 bits per heavy atom. The van der Waals surface area contributed by atoms with Crippen molar-refractivity contribution in [2.24, 2.45) is 0 Å². The normalized spacial score (nSPS) is 10.2. The summed E-state index contributed by atoms with van der Waals surface area (Å²) in [6.07, 6.45) is 0.144. The summed E-state index contributed by atoms with van der Waals surface area (Å²) in [4.78, 5) is 35.2. The Kier molecular flexibility index (Phi) is 6.90. The largest absolute Gasteiger partial charge is 0.481 e. The zero-order valence-corrected chi connectivity index (χ0v) is 11.8. The molecule has 0 aliphatic carbocycles. The summed E-state index contributed by atoms with van der Waals surface area (Å²) in [5, 5.41) is 13.3. The average molecular weight is 293 g/mol. The summed E-state index contributed by atoms with van der Waals surface area (Å²) in [7, 11) is 1.72. The van der Waals surface area contributed by atoms with E-state index in [1.165, 1.54) is 0 Å². The Bertz CT molecular complexity index is 490. The van der Waals surface area contributed by atoms with Crippen molar-refractivity contribution in [3.63, 3.8) is 0 Å². The van der Waals surface area contributed by atoms with Crippen molar-refractivity contribution in [3.8, 4) is 0 Å². The minimum atomic E-state index is -0.881. The van der Waals surface area contributed by atoms with Crippen molar-refractivity contribution in [1.29, 1.82) is 0 Å². The lowest BCUT2D eigenvalue weighted by Crippen LogP contribution is -2.36. The van der Waals surface area contributed by atoms with Gasteiger partial charge in [0.05, 0.1) is 6.42 Å². The van der Waals surface area contributed by atoms with E-state index in [0.717, 1.165) is 0 Å². The highest BCUT2D eigenvalue weighted by molar-refractivity contribution is 6.01. The molecule has 7 nitrogen and oxygen atoms in total. The molecule has 0 atom stereocenters. The second-order valence-electron chi connectivity index (χ2n) is 4.57. The van der Waals surface area contributed by atoms with Crippen molar-refractivity contribution < 1.29 is 19.5 Å². The smallest absolute Gasteiger partial charge is 0.325 e. The van der Waals surface area contributed by atoms with Gasteiger partial charge >= 0.3 is 12.0 Å². The van der Waals surface area contributed by atoms with Crippen LogP contribution in [0.3, 0.4) is 0 Å². The molecule has 1 rings (SSSR count).